The Hall–Kier alpha value is -3.68. The van der Waals surface area contributed by atoms with Crippen LogP contribution in [0.3, 0.4) is 0 Å². The molecular formula is C25H23N3O7S2. The zero-order chi connectivity index (χ0) is 26.6. The number of rotatable bonds is 5. The van der Waals surface area contributed by atoms with Gasteiger partial charge in [0.1, 0.15) is 16.2 Å². The molecule has 3 aromatic rings. The zero-order valence-corrected chi connectivity index (χ0v) is 21.0. The van der Waals surface area contributed by atoms with Gasteiger partial charge in [0, 0.05) is 17.5 Å². The molecule has 1 heterocycles. The predicted octanol–water partition coefficient (Wildman–Crippen LogP) is 3.89. The molecule has 37 heavy (non-hydrogen) atoms. The van der Waals surface area contributed by atoms with E-state index < -0.39 is 43.5 Å². The number of ketones is 1. The first kappa shape index (κ1) is 25.0. The van der Waals surface area contributed by atoms with Crippen LogP contribution in [0.5, 0.6) is 0 Å². The van der Waals surface area contributed by atoms with Crippen molar-refractivity contribution in [1.29, 1.82) is 0 Å². The molecule has 6 N–H and O–H groups in total. The van der Waals surface area contributed by atoms with Crippen LogP contribution in [0.1, 0.15) is 16.7 Å². The van der Waals surface area contributed by atoms with E-state index in [1.54, 1.807) is 54.6 Å². The van der Waals surface area contributed by atoms with Crippen molar-refractivity contribution in [2.45, 2.75) is 16.9 Å². The Morgan fingerprint density at radius 1 is 1.03 bits per heavy atom. The van der Waals surface area contributed by atoms with Gasteiger partial charge in [0.25, 0.3) is 0 Å². The molecule has 5 rings (SSSR count). The number of hydrogen-bond acceptors (Lipinski definition) is 9. The van der Waals surface area contributed by atoms with Gasteiger partial charge in [-0.05, 0) is 23.8 Å². The third kappa shape index (κ3) is 4.49. The monoisotopic (exact) mass is 541 g/mol. The molecule has 1 aliphatic carbocycles. The molecule has 0 spiro atoms. The zero-order valence-electron chi connectivity index (χ0n) is 19.4. The third-order valence-corrected chi connectivity index (χ3v) is 8.03. The molecular weight excluding hydrogens is 518 g/mol. The van der Waals surface area contributed by atoms with Crippen LogP contribution in [-0.2, 0) is 26.8 Å². The number of sulfonamides is 1. The van der Waals surface area contributed by atoms with Gasteiger partial charge in [0.05, 0.1) is 17.6 Å². The Bertz CT molecular complexity index is 1600. The average molecular weight is 542 g/mol. The molecule has 0 saturated heterocycles. The summed E-state index contributed by atoms with van der Waals surface area (Å²) in [6.45, 7) is 0. The van der Waals surface area contributed by atoms with Crippen molar-refractivity contribution in [2.75, 3.05) is 16.3 Å². The molecule has 192 valence electrons. The predicted molar refractivity (Wildman–Crippen MR) is 142 cm³/mol. The molecule has 3 aromatic carbocycles. The highest BCUT2D eigenvalue weighted by Crippen LogP contribution is 2.57. The molecule has 0 saturated carbocycles. The molecule has 1 aliphatic heterocycles. The number of nitrogens with zero attached hydrogens (tertiary/aromatic N) is 1. The Kier molecular flexibility index (Phi) is 5.89. The quantitative estimate of drug-likeness (QED) is 0.283. The van der Waals surface area contributed by atoms with E-state index in [2.05, 4.69) is 14.4 Å². The van der Waals surface area contributed by atoms with Crippen molar-refractivity contribution in [2.24, 2.45) is 4.40 Å². The first-order chi connectivity index (χ1) is 17.4. The number of aliphatic hydroxyl groups is 2. The van der Waals surface area contributed by atoms with Gasteiger partial charge in [-0.2, -0.15) is 0 Å². The van der Waals surface area contributed by atoms with Crippen molar-refractivity contribution in [3.63, 3.8) is 0 Å². The minimum atomic E-state index is -3.93. The number of Topliss-reactive ketones (excluding diaryl/α,β-unsaturated/α-hetero) is 1. The van der Waals surface area contributed by atoms with Gasteiger partial charge >= 0.3 is 0 Å². The second-order valence-electron chi connectivity index (χ2n) is 8.79. The normalized spacial score (nSPS) is 21.3. The highest BCUT2D eigenvalue weighted by Gasteiger charge is 2.48. The summed E-state index contributed by atoms with van der Waals surface area (Å²) < 4.78 is 51.0. The van der Waals surface area contributed by atoms with E-state index in [4.69, 9.17) is 0 Å². The van der Waals surface area contributed by atoms with Crippen LogP contribution in [0.2, 0.25) is 0 Å². The highest BCUT2D eigenvalue weighted by atomic mass is 32.3. The molecule has 2 aliphatic rings. The van der Waals surface area contributed by atoms with E-state index in [-0.39, 0.29) is 39.7 Å². The first-order valence-corrected chi connectivity index (χ1v) is 14.4. The van der Waals surface area contributed by atoms with E-state index in [9.17, 15) is 32.5 Å². The largest absolute Gasteiger partial charge is 0.506 e. The average Bonchev–Trinajstić information content (AvgIpc) is 2.83. The van der Waals surface area contributed by atoms with Crippen LogP contribution in [0.4, 0.5) is 11.4 Å². The standard InChI is InChI=1S/C25H23N3O7S2/c1-36(32,33)27-16-11-12-19-20(13-16)37(34,35)28-24(26-19)21-22(29)17-9-5-6-10-18(17)25(31,23(21)30)14-15-7-3-2-4-8-15/h2-13,27,29,31,34-35H,14H2,1H3,(H,26,28). The first-order valence-electron chi connectivity index (χ1n) is 11.0. The lowest BCUT2D eigenvalue weighted by atomic mass is 9.74. The van der Waals surface area contributed by atoms with E-state index in [1.807, 2.05) is 0 Å². The summed E-state index contributed by atoms with van der Waals surface area (Å²) in [6.07, 6.45) is 0.860. The van der Waals surface area contributed by atoms with E-state index >= 15 is 0 Å². The number of fused-ring (bicyclic) bond motifs is 2. The van der Waals surface area contributed by atoms with Crippen molar-refractivity contribution in [3.05, 3.63) is 95.1 Å². The Morgan fingerprint density at radius 2 is 1.70 bits per heavy atom. The molecule has 1 atom stereocenters. The van der Waals surface area contributed by atoms with Gasteiger partial charge < -0.3 is 15.5 Å². The Morgan fingerprint density at radius 3 is 2.41 bits per heavy atom. The van der Waals surface area contributed by atoms with Gasteiger partial charge in [0.2, 0.25) is 15.8 Å². The molecule has 0 radical (unpaired) electrons. The molecule has 1 unspecified atom stereocenters. The Labute approximate surface area is 214 Å². The van der Waals surface area contributed by atoms with Crippen LogP contribution in [0, 0.1) is 0 Å². The molecule has 10 nitrogen and oxygen atoms in total. The summed E-state index contributed by atoms with van der Waals surface area (Å²) in [5.41, 5.74) is -1.16. The lowest BCUT2D eigenvalue weighted by Crippen LogP contribution is -2.45. The second kappa shape index (κ2) is 8.71. The summed E-state index contributed by atoms with van der Waals surface area (Å²) in [4.78, 5) is 13.7. The number of carbonyl (C=O) groups is 1. The topological polar surface area (TPSA) is 169 Å². The number of anilines is 2. The maximum absolute atomic E-state index is 13.8. The lowest BCUT2D eigenvalue weighted by Gasteiger charge is -2.38. The molecule has 0 fully saturated rings. The Balaban J connectivity index is 1.62. The summed E-state index contributed by atoms with van der Waals surface area (Å²) in [5.74, 6) is -1.67. The molecule has 12 heteroatoms. The fourth-order valence-electron chi connectivity index (χ4n) is 4.47. The van der Waals surface area contributed by atoms with Gasteiger partial charge in [-0.15, -0.1) is 4.40 Å². The van der Waals surface area contributed by atoms with Gasteiger partial charge in [-0.3, -0.25) is 18.6 Å². The summed E-state index contributed by atoms with van der Waals surface area (Å²) in [6, 6.07) is 19.3. The number of benzene rings is 3. The molecule has 0 aromatic heterocycles. The van der Waals surface area contributed by atoms with Gasteiger partial charge in [-0.1, -0.05) is 65.4 Å². The fourth-order valence-corrected chi connectivity index (χ4v) is 6.22. The smallest absolute Gasteiger partial charge is 0.229 e. The van der Waals surface area contributed by atoms with Crippen LogP contribution in [0.15, 0.2) is 87.7 Å². The van der Waals surface area contributed by atoms with Crippen molar-refractivity contribution < 1.29 is 32.5 Å². The van der Waals surface area contributed by atoms with E-state index in [1.165, 1.54) is 18.2 Å². The van der Waals surface area contributed by atoms with Crippen molar-refractivity contribution >= 4 is 49.6 Å². The molecule has 0 amide bonds. The fraction of sp³-hybridized carbons (Fsp3) is 0.120. The molecule has 0 bridgehead atoms. The highest BCUT2D eigenvalue weighted by molar-refractivity contribution is 8.23. The number of amidine groups is 1. The van der Waals surface area contributed by atoms with Crippen molar-refractivity contribution in [1.82, 2.24) is 0 Å². The van der Waals surface area contributed by atoms with Gasteiger partial charge in [-0.25, -0.2) is 8.42 Å². The summed E-state index contributed by atoms with van der Waals surface area (Å²) in [7, 11) is -7.55. The van der Waals surface area contributed by atoms with Crippen molar-refractivity contribution in [3.8, 4) is 0 Å². The van der Waals surface area contributed by atoms with Crippen LogP contribution < -0.4 is 10.0 Å². The third-order valence-electron chi connectivity index (χ3n) is 6.06. The second-order valence-corrected chi connectivity index (χ2v) is 12.2. The number of hydrogen-bond donors (Lipinski definition) is 6. The number of carbonyl (C=O) groups excluding carboxylic acids is 1. The SMILES string of the molecule is CS(=O)(=O)Nc1ccc2c(c1)S(O)(O)N=C(C1=C(O)c3ccccc3C(O)(Cc3ccccc3)C1=O)N2. The minimum Gasteiger partial charge on any atom is -0.506 e. The summed E-state index contributed by atoms with van der Waals surface area (Å²) in [5, 5.41) is 25.7. The summed E-state index contributed by atoms with van der Waals surface area (Å²) >= 11 is 0. The van der Waals surface area contributed by atoms with Crippen LogP contribution in [-0.4, -0.2) is 45.6 Å². The maximum Gasteiger partial charge on any atom is 0.229 e. The number of aliphatic hydroxyl groups excluding tert-OH is 1. The van der Waals surface area contributed by atoms with Gasteiger partial charge in [0.15, 0.2) is 11.4 Å². The van der Waals surface area contributed by atoms with E-state index in [0.717, 1.165) is 6.26 Å². The lowest BCUT2D eigenvalue weighted by molar-refractivity contribution is -0.134. The maximum atomic E-state index is 13.8. The minimum absolute atomic E-state index is 0.0867. The van der Waals surface area contributed by atoms with Crippen LogP contribution >= 0.6 is 10.8 Å². The van der Waals surface area contributed by atoms with Crippen LogP contribution in [0.25, 0.3) is 5.76 Å². The van der Waals surface area contributed by atoms with E-state index in [0.29, 0.717) is 5.56 Å². The number of nitrogens with one attached hydrogen (secondary N) is 2.